The minimum absolute atomic E-state index is 0.117. The topological polar surface area (TPSA) is 26.3 Å². The fourth-order valence-corrected chi connectivity index (χ4v) is 2.35. The van der Waals surface area contributed by atoms with E-state index < -0.39 is 0 Å². The van der Waals surface area contributed by atoms with E-state index in [4.69, 9.17) is 16.3 Å². The number of halogens is 1. The van der Waals surface area contributed by atoms with Crippen LogP contribution in [0.15, 0.2) is 18.2 Å². The molecule has 3 heteroatoms. The number of ketones is 1. The van der Waals surface area contributed by atoms with Crippen LogP contribution in [0, 0.1) is 5.92 Å². The Morgan fingerprint density at radius 3 is 2.39 bits per heavy atom. The lowest BCUT2D eigenvalue weighted by molar-refractivity contribution is 0.0904. The van der Waals surface area contributed by atoms with Crippen molar-refractivity contribution >= 4 is 17.4 Å². The maximum Gasteiger partial charge on any atom is 0.166 e. The fourth-order valence-electron chi connectivity index (χ4n) is 2.15. The second-order valence-corrected chi connectivity index (χ2v) is 4.90. The van der Waals surface area contributed by atoms with Crippen LogP contribution >= 0.6 is 11.6 Å². The summed E-state index contributed by atoms with van der Waals surface area (Å²) in [6, 6.07) is 5.25. The van der Waals surface area contributed by atoms with Crippen molar-refractivity contribution < 1.29 is 9.53 Å². The molecule has 0 aliphatic carbocycles. The summed E-state index contributed by atoms with van der Waals surface area (Å²) < 4.78 is 5.15. The van der Waals surface area contributed by atoms with Gasteiger partial charge in [-0.05, 0) is 31.0 Å². The number of hydrogen-bond donors (Lipinski definition) is 0. The lowest BCUT2D eigenvalue weighted by Crippen LogP contribution is -2.14. The minimum atomic E-state index is 0.117. The summed E-state index contributed by atoms with van der Waals surface area (Å²) in [5, 5.41) is 0.539. The molecule has 0 aromatic heterocycles. The highest BCUT2D eigenvalue weighted by molar-refractivity contribution is 6.32. The zero-order valence-corrected chi connectivity index (χ0v) is 12.1. The molecule has 0 saturated heterocycles. The summed E-state index contributed by atoms with van der Waals surface area (Å²) in [4.78, 5) is 12.4. The minimum Gasteiger partial charge on any atom is -0.495 e. The highest BCUT2D eigenvalue weighted by atomic mass is 35.5. The standard InChI is InChI=1S/C15H21ClO2/c1-4-6-11(7-5-2)15(17)12-8-9-13(16)14(10-12)18-3/h8-11H,4-7H2,1-3H3. The molecule has 0 bridgehead atoms. The van der Waals surface area contributed by atoms with Gasteiger partial charge in [-0.3, -0.25) is 4.79 Å². The molecule has 0 fully saturated rings. The number of ether oxygens (including phenoxy) is 1. The molecule has 0 unspecified atom stereocenters. The number of hydrogen-bond acceptors (Lipinski definition) is 2. The summed E-state index contributed by atoms with van der Waals surface area (Å²) in [5.41, 5.74) is 0.697. The van der Waals surface area contributed by atoms with Gasteiger partial charge in [0.1, 0.15) is 5.75 Å². The molecular formula is C15H21ClO2. The van der Waals surface area contributed by atoms with Gasteiger partial charge >= 0.3 is 0 Å². The van der Waals surface area contributed by atoms with Crippen LogP contribution in [0.2, 0.25) is 5.02 Å². The monoisotopic (exact) mass is 268 g/mol. The van der Waals surface area contributed by atoms with Crippen LogP contribution in [0.5, 0.6) is 5.75 Å². The van der Waals surface area contributed by atoms with Gasteiger partial charge in [0.15, 0.2) is 5.78 Å². The summed E-state index contributed by atoms with van der Waals surface area (Å²) >= 11 is 5.97. The first-order valence-electron chi connectivity index (χ1n) is 6.51. The van der Waals surface area contributed by atoms with E-state index in [0.29, 0.717) is 16.3 Å². The predicted octanol–water partition coefficient (Wildman–Crippen LogP) is 4.75. The SMILES string of the molecule is CCCC(CCC)C(=O)c1ccc(Cl)c(OC)c1. The second kappa shape index (κ2) is 7.42. The molecule has 0 amide bonds. The molecule has 100 valence electrons. The van der Waals surface area contributed by atoms with Gasteiger partial charge < -0.3 is 4.74 Å². The molecule has 0 N–H and O–H groups in total. The molecule has 0 spiro atoms. The number of carbonyl (C=O) groups is 1. The predicted molar refractivity (Wildman–Crippen MR) is 75.6 cm³/mol. The van der Waals surface area contributed by atoms with Gasteiger partial charge in [0.05, 0.1) is 12.1 Å². The first-order valence-corrected chi connectivity index (χ1v) is 6.89. The van der Waals surface area contributed by atoms with Gasteiger partial charge in [-0.1, -0.05) is 38.3 Å². The fraction of sp³-hybridized carbons (Fsp3) is 0.533. The maximum absolute atomic E-state index is 12.4. The zero-order valence-electron chi connectivity index (χ0n) is 11.3. The van der Waals surface area contributed by atoms with Crippen molar-refractivity contribution in [3.8, 4) is 5.75 Å². The van der Waals surface area contributed by atoms with Crippen molar-refractivity contribution in [1.29, 1.82) is 0 Å². The average molecular weight is 269 g/mol. The maximum atomic E-state index is 12.4. The Balaban J connectivity index is 2.93. The Kier molecular flexibility index (Phi) is 6.20. The molecule has 0 aliphatic heterocycles. The van der Waals surface area contributed by atoms with E-state index in [0.717, 1.165) is 25.7 Å². The van der Waals surface area contributed by atoms with Crippen LogP contribution in [0.1, 0.15) is 49.9 Å². The molecule has 0 radical (unpaired) electrons. The normalized spacial score (nSPS) is 10.7. The first-order chi connectivity index (χ1) is 8.63. The highest BCUT2D eigenvalue weighted by Gasteiger charge is 2.19. The third-order valence-electron chi connectivity index (χ3n) is 3.08. The van der Waals surface area contributed by atoms with E-state index >= 15 is 0 Å². The summed E-state index contributed by atoms with van der Waals surface area (Å²) in [5.74, 6) is 0.883. The van der Waals surface area contributed by atoms with Gasteiger partial charge in [-0.15, -0.1) is 0 Å². The Hall–Kier alpha value is -1.02. The van der Waals surface area contributed by atoms with Crippen LogP contribution < -0.4 is 4.74 Å². The number of Topliss-reactive ketones (excluding diaryl/α,β-unsaturated/α-hetero) is 1. The van der Waals surface area contributed by atoms with Crippen molar-refractivity contribution in [2.75, 3.05) is 7.11 Å². The third-order valence-corrected chi connectivity index (χ3v) is 3.39. The molecule has 0 saturated carbocycles. The Bertz CT molecular complexity index is 395. The Labute approximate surface area is 114 Å². The quantitative estimate of drug-likeness (QED) is 0.667. The lowest BCUT2D eigenvalue weighted by Gasteiger charge is -2.14. The van der Waals surface area contributed by atoms with Gasteiger partial charge in [-0.25, -0.2) is 0 Å². The third kappa shape index (κ3) is 3.74. The van der Waals surface area contributed by atoms with Crippen LogP contribution in [-0.2, 0) is 0 Å². The van der Waals surface area contributed by atoms with E-state index in [2.05, 4.69) is 13.8 Å². The highest BCUT2D eigenvalue weighted by Crippen LogP contribution is 2.27. The van der Waals surface area contributed by atoms with E-state index in [1.165, 1.54) is 0 Å². The lowest BCUT2D eigenvalue weighted by atomic mass is 9.90. The molecule has 0 heterocycles. The molecular weight excluding hydrogens is 248 g/mol. The summed E-state index contributed by atoms with van der Waals surface area (Å²) in [6.45, 7) is 4.22. The van der Waals surface area contributed by atoms with Crippen LogP contribution in [0.3, 0.4) is 0 Å². The van der Waals surface area contributed by atoms with E-state index in [1.807, 2.05) is 0 Å². The van der Waals surface area contributed by atoms with Crippen LogP contribution in [0.4, 0.5) is 0 Å². The van der Waals surface area contributed by atoms with Crippen molar-refractivity contribution in [1.82, 2.24) is 0 Å². The van der Waals surface area contributed by atoms with Crippen molar-refractivity contribution in [3.05, 3.63) is 28.8 Å². The molecule has 0 atom stereocenters. The zero-order chi connectivity index (χ0) is 13.5. The van der Waals surface area contributed by atoms with E-state index in [1.54, 1.807) is 25.3 Å². The largest absolute Gasteiger partial charge is 0.495 e. The summed E-state index contributed by atoms with van der Waals surface area (Å²) in [6.07, 6.45) is 3.94. The van der Waals surface area contributed by atoms with Crippen LogP contribution in [-0.4, -0.2) is 12.9 Å². The van der Waals surface area contributed by atoms with Crippen LogP contribution in [0.25, 0.3) is 0 Å². The molecule has 2 nitrogen and oxygen atoms in total. The Morgan fingerprint density at radius 1 is 1.28 bits per heavy atom. The number of rotatable bonds is 7. The number of benzene rings is 1. The average Bonchev–Trinajstić information content (AvgIpc) is 2.38. The number of carbonyl (C=O) groups excluding carboxylic acids is 1. The van der Waals surface area contributed by atoms with E-state index in [-0.39, 0.29) is 11.7 Å². The summed E-state index contributed by atoms with van der Waals surface area (Å²) in [7, 11) is 1.56. The molecule has 1 aromatic rings. The van der Waals surface area contributed by atoms with Crippen molar-refractivity contribution in [3.63, 3.8) is 0 Å². The van der Waals surface area contributed by atoms with Gasteiger partial charge in [0.2, 0.25) is 0 Å². The number of methoxy groups -OCH3 is 1. The molecule has 0 aliphatic rings. The molecule has 1 rings (SSSR count). The van der Waals surface area contributed by atoms with Gasteiger partial charge in [0, 0.05) is 11.5 Å². The Morgan fingerprint density at radius 2 is 1.89 bits per heavy atom. The second-order valence-electron chi connectivity index (χ2n) is 4.49. The van der Waals surface area contributed by atoms with Crippen molar-refractivity contribution in [2.24, 2.45) is 5.92 Å². The van der Waals surface area contributed by atoms with Gasteiger partial charge in [-0.2, -0.15) is 0 Å². The van der Waals surface area contributed by atoms with Gasteiger partial charge in [0.25, 0.3) is 0 Å². The first kappa shape index (κ1) is 15.0. The molecule has 1 aromatic carbocycles. The molecule has 18 heavy (non-hydrogen) atoms. The van der Waals surface area contributed by atoms with E-state index in [9.17, 15) is 4.79 Å². The van der Waals surface area contributed by atoms with Crippen molar-refractivity contribution in [2.45, 2.75) is 39.5 Å². The smallest absolute Gasteiger partial charge is 0.166 e.